The second-order valence-corrected chi connectivity index (χ2v) is 10.1. The van der Waals surface area contributed by atoms with E-state index >= 15 is 0 Å². The summed E-state index contributed by atoms with van der Waals surface area (Å²) in [6.07, 6.45) is 5.33. The topological polar surface area (TPSA) is 108 Å². The number of methoxy groups -OCH3 is 2. The lowest BCUT2D eigenvalue weighted by Crippen LogP contribution is -2.36. The number of carbonyl (C=O) groups is 1. The van der Waals surface area contributed by atoms with Crippen molar-refractivity contribution >= 4 is 11.6 Å². The number of aliphatic hydroxyl groups excluding tert-OH is 1. The number of aliphatic hydroxyl groups is 1. The number of ether oxygens (including phenoxy) is 2. The number of allylic oxidation sites excluding steroid dienone is 1. The average molecular weight is 490 g/mol. The minimum atomic E-state index is -0.596. The molecular weight excluding hydrogens is 446 g/mol. The van der Waals surface area contributed by atoms with E-state index in [1.165, 1.54) is 12.1 Å². The van der Waals surface area contributed by atoms with Crippen LogP contribution in [0, 0.1) is 17.8 Å². The third kappa shape index (κ3) is 7.82. The Morgan fingerprint density at radius 3 is 2.37 bits per heavy atom. The summed E-state index contributed by atoms with van der Waals surface area (Å²) in [6, 6.07) is 2.88. The van der Waals surface area contributed by atoms with Crippen LogP contribution in [0.2, 0.25) is 0 Å². The van der Waals surface area contributed by atoms with E-state index in [9.17, 15) is 20.1 Å². The van der Waals surface area contributed by atoms with Crippen molar-refractivity contribution in [1.29, 1.82) is 0 Å². The van der Waals surface area contributed by atoms with Crippen molar-refractivity contribution in [3.63, 3.8) is 0 Å². The molecule has 1 amide bonds. The monoisotopic (exact) mass is 489 g/mol. The highest BCUT2D eigenvalue weighted by molar-refractivity contribution is 6.04. The van der Waals surface area contributed by atoms with E-state index in [4.69, 9.17) is 9.47 Å². The number of aromatic hydroxyl groups is 2. The molecule has 0 spiro atoms. The normalized spacial score (nSPS) is 32.7. The molecule has 35 heavy (non-hydrogen) atoms. The summed E-state index contributed by atoms with van der Waals surface area (Å²) in [5.74, 6) is -0.322. The van der Waals surface area contributed by atoms with E-state index in [1.54, 1.807) is 21.1 Å². The van der Waals surface area contributed by atoms with Crippen LogP contribution in [0.5, 0.6) is 11.5 Å². The molecule has 2 bridgehead atoms. The zero-order valence-corrected chi connectivity index (χ0v) is 22.2. The van der Waals surface area contributed by atoms with Crippen LogP contribution in [0.3, 0.4) is 0 Å². The number of anilines is 1. The number of benzene rings is 1. The third-order valence-corrected chi connectivity index (χ3v) is 7.05. The maximum Gasteiger partial charge on any atom is 0.251 e. The molecule has 2 rings (SSSR count). The summed E-state index contributed by atoms with van der Waals surface area (Å²) in [7, 11) is 3.33. The Morgan fingerprint density at radius 1 is 1.06 bits per heavy atom. The number of fused-ring (bicyclic) bond motifs is 2. The Hall–Kier alpha value is -2.35. The molecule has 1 aromatic rings. The Morgan fingerprint density at radius 2 is 1.74 bits per heavy atom. The summed E-state index contributed by atoms with van der Waals surface area (Å²) in [6.45, 7) is 9.76. The number of carbonyl (C=O) groups excluding carboxylic acids is 1. The first-order valence-corrected chi connectivity index (χ1v) is 12.4. The molecule has 7 heteroatoms. The molecule has 1 aromatic carbocycles. The van der Waals surface area contributed by atoms with E-state index in [-0.39, 0.29) is 53.1 Å². The summed E-state index contributed by atoms with van der Waals surface area (Å²) >= 11 is 0. The average Bonchev–Trinajstić information content (AvgIpc) is 2.80. The molecule has 0 aromatic heterocycles. The van der Waals surface area contributed by atoms with Gasteiger partial charge in [-0.1, -0.05) is 32.9 Å². The van der Waals surface area contributed by atoms with Gasteiger partial charge in [-0.2, -0.15) is 0 Å². The number of amides is 1. The Kier molecular flexibility index (Phi) is 10.8. The fourth-order valence-corrected chi connectivity index (χ4v) is 4.94. The van der Waals surface area contributed by atoms with Crippen LogP contribution in [0.15, 0.2) is 35.4 Å². The zero-order chi connectivity index (χ0) is 26.3. The molecule has 196 valence electrons. The van der Waals surface area contributed by atoms with Gasteiger partial charge in [-0.3, -0.25) is 4.79 Å². The van der Waals surface area contributed by atoms with Gasteiger partial charge >= 0.3 is 0 Å². The van der Waals surface area contributed by atoms with Crippen LogP contribution in [0.1, 0.15) is 59.4 Å². The number of nitrogens with one attached hydrogen (secondary N) is 1. The molecule has 6 unspecified atom stereocenters. The quantitative estimate of drug-likeness (QED) is 0.266. The molecule has 0 saturated carbocycles. The van der Waals surface area contributed by atoms with Crippen molar-refractivity contribution in [2.24, 2.45) is 17.8 Å². The van der Waals surface area contributed by atoms with Gasteiger partial charge in [-0.15, -0.1) is 0 Å². The molecule has 6 atom stereocenters. The molecule has 1 aliphatic heterocycles. The standard InChI is InChI=1S/C28H43NO6/c1-16-11-21-14-22(30)15-23(26(21)32)29-28(33)18(3)10-8-9-17(2)25(31)19(4)13-20(5)27(35-7)24(12-16)34-6/h10,13-17,20,24-25,27,30-32H,8-9,11-12H2,1-7H3,(H,29,33)/b18-10+,19-13+. The van der Waals surface area contributed by atoms with Crippen molar-refractivity contribution in [3.8, 4) is 11.5 Å². The first-order valence-electron chi connectivity index (χ1n) is 12.4. The van der Waals surface area contributed by atoms with Crippen LogP contribution in [-0.4, -0.2) is 53.8 Å². The molecule has 0 aliphatic carbocycles. The number of hydrogen-bond acceptors (Lipinski definition) is 6. The van der Waals surface area contributed by atoms with Gasteiger partial charge in [0.05, 0.1) is 24.0 Å². The second-order valence-electron chi connectivity index (χ2n) is 10.1. The van der Waals surface area contributed by atoms with Gasteiger partial charge < -0.3 is 30.1 Å². The Bertz CT molecular complexity index is 924. The minimum absolute atomic E-state index is 0.00422. The fraction of sp³-hybridized carbons (Fsp3) is 0.607. The fourth-order valence-electron chi connectivity index (χ4n) is 4.94. The van der Waals surface area contributed by atoms with Gasteiger partial charge in [0.2, 0.25) is 0 Å². The lowest BCUT2D eigenvalue weighted by atomic mass is 9.87. The van der Waals surface area contributed by atoms with Crippen molar-refractivity contribution in [3.05, 3.63) is 41.0 Å². The molecule has 0 fully saturated rings. The smallest absolute Gasteiger partial charge is 0.251 e. The van der Waals surface area contributed by atoms with Crippen LogP contribution < -0.4 is 5.32 Å². The number of rotatable bonds is 2. The van der Waals surface area contributed by atoms with E-state index < -0.39 is 6.10 Å². The first kappa shape index (κ1) is 28.9. The first-order chi connectivity index (χ1) is 16.5. The van der Waals surface area contributed by atoms with Crippen LogP contribution in [0.25, 0.3) is 0 Å². The van der Waals surface area contributed by atoms with Crippen LogP contribution in [0.4, 0.5) is 5.69 Å². The highest BCUT2D eigenvalue weighted by Gasteiger charge is 2.29. The van der Waals surface area contributed by atoms with Gasteiger partial charge in [0.15, 0.2) is 0 Å². The maximum atomic E-state index is 12.7. The van der Waals surface area contributed by atoms with Crippen LogP contribution >= 0.6 is 0 Å². The lowest BCUT2D eigenvalue weighted by molar-refractivity contribution is -0.112. The summed E-state index contributed by atoms with van der Waals surface area (Å²) in [5, 5.41) is 34.7. The van der Waals surface area contributed by atoms with Crippen molar-refractivity contribution in [2.45, 2.75) is 78.6 Å². The van der Waals surface area contributed by atoms with E-state index in [2.05, 4.69) is 18.3 Å². The van der Waals surface area contributed by atoms with E-state index in [1.807, 2.05) is 26.8 Å². The minimum Gasteiger partial charge on any atom is -0.508 e. The molecular formula is C28H43NO6. The van der Waals surface area contributed by atoms with Gasteiger partial charge in [0, 0.05) is 31.8 Å². The molecule has 1 aliphatic rings. The lowest BCUT2D eigenvalue weighted by Gasteiger charge is -2.31. The molecule has 4 N–H and O–H groups in total. The van der Waals surface area contributed by atoms with Crippen LogP contribution in [-0.2, 0) is 20.7 Å². The Balaban J connectivity index is 2.46. The van der Waals surface area contributed by atoms with E-state index in [0.29, 0.717) is 36.8 Å². The highest BCUT2D eigenvalue weighted by atomic mass is 16.5. The molecule has 0 saturated heterocycles. The highest BCUT2D eigenvalue weighted by Crippen LogP contribution is 2.35. The number of phenols is 2. The SMILES string of the molecule is COC1CC(C)Cc2cc(O)cc(c2O)NC(=O)/C(C)=C/CCC(C)C(O)/C(C)=C/C(C)C1OC. The van der Waals surface area contributed by atoms with E-state index in [0.717, 1.165) is 5.57 Å². The maximum absolute atomic E-state index is 12.7. The summed E-state index contributed by atoms with van der Waals surface area (Å²) in [4.78, 5) is 12.7. The van der Waals surface area contributed by atoms with Gasteiger partial charge in [0.1, 0.15) is 11.5 Å². The van der Waals surface area contributed by atoms with Gasteiger partial charge in [-0.05, 0) is 68.6 Å². The Labute approximate surface area is 209 Å². The van der Waals surface area contributed by atoms with Gasteiger partial charge in [-0.25, -0.2) is 0 Å². The van der Waals surface area contributed by atoms with Crippen molar-refractivity contribution in [1.82, 2.24) is 0 Å². The molecule has 1 heterocycles. The predicted octanol–water partition coefficient (Wildman–Crippen LogP) is 4.95. The number of phenolic OH excluding ortho intramolecular Hbond substituents is 2. The zero-order valence-electron chi connectivity index (χ0n) is 22.2. The summed E-state index contributed by atoms with van der Waals surface area (Å²) < 4.78 is 11.7. The number of hydrogen-bond donors (Lipinski definition) is 4. The predicted molar refractivity (Wildman–Crippen MR) is 139 cm³/mol. The van der Waals surface area contributed by atoms with Crippen molar-refractivity contribution in [2.75, 3.05) is 19.5 Å². The third-order valence-electron chi connectivity index (χ3n) is 7.05. The summed E-state index contributed by atoms with van der Waals surface area (Å²) in [5.41, 5.74) is 2.13. The second kappa shape index (κ2) is 13.1. The molecule has 0 radical (unpaired) electrons. The molecule has 7 nitrogen and oxygen atoms in total. The van der Waals surface area contributed by atoms with Crippen molar-refractivity contribution < 1.29 is 29.6 Å². The largest absolute Gasteiger partial charge is 0.508 e. The van der Waals surface area contributed by atoms with Gasteiger partial charge in [0.25, 0.3) is 5.91 Å².